The third-order valence-electron chi connectivity index (χ3n) is 3.46. The number of benzene rings is 1. The predicted molar refractivity (Wildman–Crippen MR) is 85.3 cm³/mol. The highest BCUT2D eigenvalue weighted by molar-refractivity contribution is 8.00. The predicted octanol–water partition coefficient (Wildman–Crippen LogP) is 2.81. The zero-order valence-corrected chi connectivity index (χ0v) is 13.3. The second-order valence-electron chi connectivity index (χ2n) is 5.26. The Balaban J connectivity index is 1.55. The molecule has 2 N–H and O–H groups in total. The van der Waals surface area contributed by atoms with Crippen molar-refractivity contribution in [3.8, 4) is 5.75 Å². The molecular formula is C15H18N4O2S. The van der Waals surface area contributed by atoms with Crippen LogP contribution in [0.5, 0.6) is 5.75 Å². The fraction of sp³-hybridized carbons (Fsp3) is 0.400. The van der Waals surface area contributed by atoms with Gasteiger partial charge in [-0.05, 0) is 44.0 Å². The summed E-state index contributed by atoms with van der Waals surface area (Å²) in [6, 6.07) is 7.24. The van der Waals surface area contributed by atoms with E-state index >= 15 is 0 Å². The number of rotatable bonds is 6. The Morgan fingerprint density at radius 1 is 1.41 bits per heavy atom. The molecule has 1 heterocycles. The first kappa shape index (κ1) is 14.9. The summed E-state index contributed by atoms with van der Waals surface area (Å²) in [5.41, 5.74) is 0.743. The molecule has 0 aliphatic heterocycles. The molecule has 22 heavy (non-hydrogen) atoms. The zero-order chi connectivity index (χ0) is 15.5. The van der Waals surface area contributed by atoms with E-state index in [9.17, 15) is 4.79 Å². The zero-order valence-electron chi connectivity index (χ0n) is 12.5. The van der Waals surface area contributed by atoms with Crippen LogP contribution >= 0.6 is 11.8 Å². The van der Waals surface area contributed by atoms with Crippen molar-refractivity contribution in [3.63, 3.8) is 0 Å². The minimum atomic E-state index is -0.273. The average Bonchev–Trinajstić information content (AvgIpc) is 3.28. The van der Waals surface area contributed by atoms with Crippen molar-refractivity contribution in [2.24, 2.45) is 0 Å². The molecule has 1 aliphatic rings. The van der Waals surface area contributed by atoms with Crippen LogP contribution in [0.25, 0.3) is 0 Å². The van der Waals surface area contributed by atoms with E-state index in [4.69, 9.17) is 4.74 Å². The molecule has 7 heteroatoms. The van der Waals surface area contributed by atoms with Crippen molar-refractivity contribution in [1.82, 2.24) is 15.2 Å². The van der Waals surface area contributed by atoms with Crippen LogP contribution in [-0.2, 0) is 4.79 Å². The van der Waals surface area contributed by atoms with Gasteiger partial charge >= 0.3 is 0 Å². The molecule has 1 aromatic heterocycles. The average molecular weight is 318 g/mol. The molecule has 0 bridgehead atoms. The Labute approximate surface area is 133 Å². The molecule has 0 spiro atoms. The lowest BCUT2D eigenvalue weighted by Crippen LogP contribution is -2.22. The summed E-state index contributed by atoms with van der Waals surface area (Å²) in [4.78, 5) is 16.6. The first-order valence-electron chi connectivity index (χ1n) is 7.19. The normalized spacial score (nSPS) is 15.4. The third-order valence-corrected chi connectivity index (χ3v) is 4.42. The minimum Gasteiger partial charge on any atom is -0.497 e. The molecule has 1 saturated carbocycles. The van der Waals surface area contributed by atoms with E-state index in [0.717, 1.165) is 17.3 Å². The topological polar surface area (TPSA) is 79.9 Å². The molecule has 1 fully saturated rings. The van der Waals surface area contributed by atoms with Crippen molar-refractivity contribution < 1.29 is 9.53 Å². The van der Waals surface area contributed by atoms with Gasteiger partial charge in [-0.3, -0.25) is 9.89 Å². The number of nitrogens with zero attached hydrogens (tertiary/aromatic N) is 2. The largest absolute Gasteiger partial charge is 0.497 e. The fourth-order valence-electron chi connectivity index (χ4n) is 1.98. The first-order valence-corrected chi connectivity index (χ1v) is 8.07. The molecule has 2 aromatic rings. The van der Waals surface area contributed by atoms with Gasteiger partial charge in [-0.2, -0.15) is 0 Å². The molecule has 1 amide bonds. The highest BCUT2D eigenvalue weighted by atomic mass is 32.2. The van der Waals surface area contributed by atoms with Crippen LogP contribution in [0.3, 0.4) is 0 Å². The Bertz CT molecular complexity index is 652. The SMILES string of the molecule is COc1ccc(NC(=O)[C@@H](C)Sc2n[nH]c(C3CC3)n2)cc1. The maximum atomic E-state index is 12.2. The van der Waals surface area contributed by atoms with Crippen molar-refractivity contribution in [2.45, 2.75) is 36.1 Å². The molecule has 0 saturated heterocycles. The molecule has 6 nitrogen and oxygen atoms in total. The molecule has 1 aliphatic carbocycles. The smallest absolute Gasteiger partial charge is 0.237 e. The van der Waals surface area contributed by atoms with Gasteiger partial charge in [-0.15, -0.1) is 5.10 Å². The van der Waals surface area contributed by atoms with E-state index in [1.165, 1.54) is 24.6 Å². The van der Waals surface area contributed by atoms with Crippen LogP contribution in [0.15, 0.2) is 29.4 Å². The lowest BCUT2D eigenvalue weighted by atomic mass is 10.3. The quantitative estimate of drug-likeness (QED) is 0.801. The van der Waals surface area contributed by atoms with Gasteiger partial charge in [0.2, 0.25) is 11.1 Å². The Morgan fingerprint density at radius 3 is 2.77 bits per heavy atom. The van der Waals surface area contributed by atoms with Crippen molar-refractivity contribution in [2.75, 3.05) is 12.4 Å². The number of hydrogen-bond acceptors (Lipinski definition) is 5. The number of anilines is 1. The van der Waals surface area contributed by atoms with Gasteiger partial charge in [-0.1, -0.05) is 11.8 Å². The van der Waals surface area contributed by atoms with Crippen LogP contribution in [-0.4, -0.2) is 33.4 Å². The molecule has 3 rings (SSSR count). The number of amides is 1. The molecule has 1 aromatic carbocycles. The van der Waals surface area contributed by atoms with E-state index in [0.29, 0.717) is 11.1 Å². The maximum Gasteiger partial charge on any atom is 0.237 e. The second kappa shape index (κ2) is 6.39. The van der Waals surface area contributed by atoms with Gasteiger partial charge in [0, 0.05) is 11.6 Å². The summed E-state index contributed by atoms with van der Waals surface area (Å²) in [7, 11) is 1.61. The van der Waals surface area contributed by atoms with Gasteiger partial charge < -0.3 is 10.1 Å². The summed E-state index contributed by atoms with van der Waals surface area (Å²) in [6.07, 6.45) is 2.35. The van der Waals surface area contributed by atoms with E-state index < -0.39 is 0 Å². The lowest BCUT2D eigenvalue weighted by molar-refractivity contribution is -0.115. The number of aromatic nitrogens is 3. The third kappa shape index (κ3) is 3.59. The summed E-state index contributed by atoms with van der Waals surface area (Å²) in [5, 5.41) is 10.3. The number of carbonyl (C=O) groups excluding carboxylic acids is 1. The highest BCUT2D eigenvalue weighted by Crippen LogP contribution is 2.38. The van der Waals surface area contributed by atoms with Crippen LogP contribution in [0.4, 0.5) is 5.69 Å². The van der Waals surface area contributed by atoms with Gasteiger partial charge in [-0.25, -0.2) is 4.98 Å². The second-order valence-corrected chi connectivity index (χ2v) is 6.56. The summed E-state index contributed by atoms with van der Waals surface area (Å²) in [5.74, 6) is 2.15. The number of methoxy groups -OCH3 is 1. The highest BCUT2D eigenvalue weighted by Gasteiger charge is 2.27. The van der Waals surface area contributed by atoms with Crippen LogP contribution in [0, 0.1) is 0 Å². The Morgan fingerprint density at radius 2 is 2.14 bits per heavy atom. The van der Waals surface area contributed by atoms with Crippen molar-refractivity contribution in [1.29, 1.82) is 0 Å². The number of hydrogen-bond donors (Lipinski definition) is 2. The minimum absolute atomic E-state index is 0.0760. The number of H-pyrrole nitrogens is 1. The molecule has 0 radical (unpaired) electrons. The summed E-state index contributed by atoms with van der Waals surface area (Å²) < 4.78 is 5.09. The monoisotopic (exact) mass is 318 g/mol. The molecular weight excluding hydrogens is 300 g/mol. The fourth-order valence-corrected chi connectivity index (χ4v) is 2.71. The van der Waals surface area contributed by atoms with Gasteiger partial charge in [0.25, 0.3) is 0 Å². The van der Waals surface area contributed by atoms with Crippen LogP contribution in [0.2, 0.25) is 0 Å². The number of carbonyl (C=O) groups is 1. The van der Waals surface area contributed by atoms with E-state index in [1.54, 1.807) is 7.11 Å². The number of nitrogens with one attached hydrogen (secondary N) is 2. The molecule has 0 unspecified atom stereocenters. The van der Waals surface area contributed by atoms with Gasteiger partial charge in [0.05, 0.1) is 12.4 Å². The van der Waals surface area contributed by atoms with E-state index in [1.807, 2.05) is 31.2 Å². The lowest BCUT2D eigenvalue weighted by Gasteiger charge is -2.10. The van der Waals surface area contributed by atoms with Crippen LogP contribution < -0.4 is 10.1 Å². The van der Waals surface area contributed by atoms with Gasteiger partial charge in [0.1, 0.15) is 11.6 Å². The summed E-state index contributed by atoms with van der Waals surface area (Å²) >= 11 is 1.35. The maximum absolute atomic E-state index is 12.2. The summed E-state index contributed by atoms with van der Waals surface area (Å²) in [6.45, 7) is 1.84. The Kier molecular flexibility index (Phi) is 4.33. The van der Waals surface area contributed by atoms with E-state index in [2.05, 4.69) is 20.5 Å². The van der Waals surface area contributed by atoms with E-state index in [-0.39, 0.29) is 11.2 Å². The number of aromatic amines is 1. The molecule has 116 valence electrons. The van der Waals surface area contributed by atoms with Crippen molar-refractivity contribution >= 4 is 23.4 Å². The first-order chi connectivity index (χ1) is 10.7. The molecule has 1 atom stereocenters. The number of thioether (sulfide) groups is 1. The Hall–Kier alpha value is -2.02. The standard InChI is InChI=1S/C15H18N4O2S/c1-9(22-15-17-13(18-19-15)10-3-4-10)14(20)16-11-5-7-12(21-2)8-6-11/h5-10H,3-4H2,1-2H3,(H,16,20)(H,17,18,19)/t9-/m1/s1. The van der Waals surface area contributed by atoms with Crippen LogP contribution in [0.1, 0.15) is 31.5 Å². The number of ether oxygens (including phenoxy) is 1. The van der Waals surface area contributed by atoms with Gasteiger partial charge in [0.15, 0.2) is 0 Å². The van der Waals surface area contributed by atoms with Crippen molar-refractivity contribution in [3.05, 3.63) is 30.1 Å².